The summed E-state index contributed by atoms with van der Waals surface area (Å²) in [5, 5.41) is 19.4. The van der Waals surface area contributed by atoms with Gasteiger partial charge >= 0.3 is 5.92 Å². The number of aromatic nitrogens is 4. The summed E-state index contributed by atoms with van der Waals surface area (Å²) in [7, 11) is 0. The van der Waals surface area contributed by atoms with Crippen molar-refractivity contribution in [3.05, 3.63) is 71.3 Å². The average Bonchev–Trinajstić information content (AvgIpc) is 2.81. The lowest BCUT2D eigenvalue weighted by atomic mass is 9.92. The molecule has 2 aromatic heterocycles. The molecule has 0 saturated carbocycles. The van der Waals surface area contributed by atoms with Crippen LogP contribution in [0.15, 0.2) is 48.9 Å². The van der Waals surface area contributed by atoms with Gasteiger partial charge in [-0.2, -0.15) is 8.78 Å². The third-order valence-corrected chi connectivity index (χ3v) is 6.60. The Morgan fingerprint density at radius 2 is 1.68 bits per heavy atom. The molecule has 0 radical (unpaired) electrons. The fourth-order valence-corrected chi connectivity index (χ4v) is 4.52. The maximum absolute atomic E-state index is 15.3. The van der Waals surface area contributed by atoms with E-state index in [0.717, 1.165) is 5.82 Å². The Morgan fingerprint density at radius 1 is 0.971 bits per heavy atom. The fourth-order valence-electron chi connectivity index (χ4n) is 4.52. The van der Waals surface area contributed by atoms with Crippen LogP contribution in [0.1, 0.15) is 43.2 Å². The van der Waals surface area contributed by atoms with E-state index in [0.29, 0.717) is 30.0 Å². The highest BCUT2D eigenvalue weighted by Crippen LogP contribution is 2.39. The number of aliphatic hydroxyl groups is 1. The molecule has 4 rings (SSSR count). The minimum absolute atomic E-state index is 0.0160. The summed E-state index contributed by atoms with van der Waals surface area (Å²) in [6.07, 6.45) is 4.95. The number of alkyl halides is 2. The number of benzene rings is 1. The zero-order chi connectivity index (χ0) is 24.7. The van der Waals surface area contributed by atoms with Crippen molar-refractivity contribution < 1.29 is 13.9 Å². The van der Waals surface area contributed by atoms with Gasteiger partial charge in [-0.1, -0.05) is 30.3 Å². The summed E-state index contributed by atoms with van der Waals surface area (Å²) in [6, 6.07) is 7.29. The number of anilines is 2. The second-order valence-electron chi connectivity index (χ2n) is 9.45. The molecule has 1 saturated heterocycles. The maximum Gasteiger partial charge on any atom is 0.317 e. The molecule has 0 amide bonds. The first-order valence-electron chi connectivity index (χ1n) is 11.3. The summed E-state index contributed by atoms with van der Waals surface area (Å²) < 4.78 is 30.6. The fraction of sp³-hybridized carbons (Fsp3) is 0.440. The van der Waals surface area contributed by atoms with Crippen molar-refractivity contribution in [2.24, 2.45) is 0 Å². The van der Waals surface area contributed by atoms with Crippen molar-refractivity contribution in [2.75, 3.05) is 22.9 Å². The second kappa shape index (κ2) is 8.87. The SMILES string of the molecule is Cc1c(N2C[C@@H](C)N(c3cnccn3)C[C@@H]2C(C)(C)O)nnc(C(F)(F)c2ccccc2)c1C. The first-order chi connectivity index (χ1) is 16.0. The van der Waals surface area contributed by atoms with Crippen LogP contribution < -0.4 is 9.80 Å². The number of hydrogen-bond acceptors (Lipinski definition) is 7. The van der Waals surface area contributed by atoms with Crippen LogP contribution >= 0.6 is 0 Å². The van der Waals surface area contributed by atoms with Gasteiger partial charge in [0, 0.05) is 37.1 Å². The molecule has 9 heteroatoms. The van der Waals surface area contributed by atoms with E-state index in [1.165, 1.54) is 12.1 Å². The molecule has 0 spiro atoms. The van der Waals surface area contributed by atoms with E-state index in [1.807, 2.05) is 4.90 Å². The van der Waals surface area contributed by atoms with Crippen LogP contribution in [0.4, 0.5) is 20.4 Å². The quantitative estimate of drug-likeness (QED) is 0.609. The molecule has 0 bridgehead atoms. The van der Waals surface area contributed by atoms with Crippen LogP contribution in [0.25, 0.3) is 0 Å². The Morgan fingerprint density at radius 3 is 2.29 bits per heavy atom. The molecule has 0 unspecified atom stereocenters. The van der Waals surface area contributed by atoms with Gasteiger partial charge < -0.3 is 14.9 Å². The molecule has 1 aromatic carbocycles. The maximum atomic E-state index is 15.3. The van der Waals surface area contributed by atoms with E-state index in [2.05, 4.69) is 32.0 Å². The predicted molar refractivity (Wildman–Crippen MR) is 127 cm³/mol. The normalized spacial score (nSPS) is 19.4. The van der Waals surface area contributed by atoms with Crippen molar-refractivity contribution in [1.29, 1.82) is 0 Å². The third kappa shape index (κ3) is 4.32. The van der Waals surface area contributed by atoms with E-state index in [1.54, 1.807) is 64.5 Å². The Kier molecular flexibility index (Phi) is 6.24. The third-order valence-electron chi connectivity index (χ3n) is 6.60. The Bertz CT molecular complexity index is 1140. The molecule has 3 aromatic rings. The summed E-state index contributed by atoms with van der Waals surface area (Å²) in [6.45, 7) is 9.94. The minimum atomic E-state index is -3.27. The van der Waals surface area contributed by atoms with Crippen LogP contribution in [0.2, 0.25) is 0 Å². The Balaban J connectivity index is 1.72. The van der Waals surface area contributed by atoms with Gasteiger partial charge in [0.05, 0.1) is 17.8 Å². The highest BCUT2D eigenvalue weighted by Gasteiger charge is 2.43. The van der Waals surface area contributed by atoms with Crippen molar-refractivity contribution >= 4 is 11.6 Å². The highest BCUT2D eigenvalue weighted by atomic mass is 19.3. The van der Waals surface area contributed by atoms with Crippen LogP contribution in [0.5, 0.6) is 0 Å². The molecular formula is C25H30F2N6O. The standard InChI is InChI=1S/C25H30F2N6O/c1-16-14-33(20(24(4,5)34)15-32(16)21-13-28-11-12-29-21)23-18(3)17(2)22(30-31-23)25(26,27)19-9-7-6-8-10-19/h6-13,16,20,34H,14-15H2,1-5H3/t16-,20-/m1/s1. The lowest BCUT2D eigenvalue weighted by Crippen LogP contribution is -2.64. The van der Waals surface area contributed by atoms with Gasteiger partial charge in [0.1, 0.15) is 11.5 Å². The van der Waals surface area contributed by atoms with E-state index in [4.69, 9.17) is 0 Å². The molecule has 1 N–H and O–H groups in total. The largest absolute Gasteiger partial charge is 0.388 e. The van der Waals surface area contributed by atoms with Crippen LogP contribution in [-0.2, 0) is 5.92 Å². The Labute approximate surface area is 198 Å². The minimum Gasteiger partial charge on any atom is -0.388 e. The van der Waals surface area contributed by atoms with Gasteiger partial charge in [-0.05, 0) is 45.7 Å². The first-order valence-corrected chi connectivity index (χ1v) is 11.3. The molecule has 1 fully saturated rings. The molecule has 1 aliphatic heterocycles. The van der Waals surface area contributed by atoms with Crippen molar-refractivity contribution in [1.82, 2.24) is 20.2 Å². The van der Waals surface area contributed by atoms with E-state index in [9.17, 15) is 5.11 Å². The molecule has 1 aliphatic rings. The summed E-state index contributed by atoms with van der Waals surface area (Å²) in [4.78, 5) is 12.7. The second-order valence-corrected chi connectivity index (χ2v) is 9.45. The lowest BCUT2D eigenvalue weighted by molar-refractivity contribution is 0.0356. The van der Waals surface area contributed by atoms with Gasteiger partial charge in [-0.25, -0.2) is 4.98 Å². The van der Waals surface area contributed by atoms with Gasteiger partial charge in [0.2, 0.25) is 0 Å². The Hall–Kier alpha value is -3.20. The van der Waals surface area contributed by atoms with Gasteiger partial charge in [0.15, 0.2) is 5.82 Å². The lowest BCUT2D eigenvalue weighted by Gasteiger charge is -2.50. The summed E-state index contributed by atoms with van der Waals surface area (Å²) >= 11 is 0. The van der Waals surface area contributed by atoms with E-state index >= 15 is 8.78 Å². The summed E-state index contributed by atoms with van der Waals surface area (Å²) in [5.74, 6) is -2.04. The number of piperazine rings is 1. The zero-order valence-electron chi connectivity index (χ0n) is 20.1. The smallest absolute Gasteiger partial charge is 0.317 e. The van der Waals surface area contributed by atoms with Gasteiger partial charge in [-0.15, -0.1) is 10.2 Å². The number of nitrogens with zero attached hydrogens (tertiary/aromatic N) is 6. The highest BCUT2D eigenvalue weighted by molar-refractivity contribution is 5.55. The molecular weight excluding hydrogens is 438 g/mol. The van der Waals surface area contributed by atoms with Crippen molar-refractivity contribution in [3.8, 4) is 0 Å². The monoisotopic (exact) mass is 468 g/mol. The predicted octanol–water partition coefficient (Wildman–Crippen LogP) is 3.88. The van der Waals surface area contributed by atoms with Crippen LogP contribution in [0, 0.1) is 13.8 Å². The molecule has 180 valence electrons. The number of halogens is 2. The van der Waals surface area contributed by atoms with Crippen LogP contribution in [0.3, 0.4) is 0 Å². The first kappa shape index (κ1) is 23.9. The molecule has 0 aliphatic carbocycles. The zero-order valence-corrected chi connectivity index (χ0v) is 20.1. The van der Waals surface area contributed by atoms with E-state index < -0.39 is 11.5 Å². The molecule has 7 nitrogen and oxygen atoms in total. The van der Waals surface area contributed by atoms with Crippen molar-refractivity contribution in [2.45, 2.75) is 58.2 Å². The molecule has 3 heterocycles. The number of rotatable bonds is 5. The number of hydrogen-bond donors (Lipinski definition) is 1. The van der Waals surface area contributed by atoms with Gasteiger partial charge in [0.25, 0.3) is 0 Å². The molecule has 2 atom stereocenters. The van der Waals surface area contributed by atoms with Crippen molar-refractivity contribution in [3.63, 3.8) is 0 Å². The van der Waals surface area contributed by atoms with Crippen LogP contribution in [-0.4, -0.2) is 56.0 Å². The average molecular weight is 469 g/mol. The molecule has 34 heavy (non-hydrogen) atoms. The topological polar surface area (TPSA) is 78.3 Å². The van der Waals surface area contributed by atoms with Gasteiger partial charge in [-0.3, -0.25) is 4.98 Å². The van der Waals surface area contributed by atoms with E-state index in [-0.39, 0.29) is 23.3 Å². The summed E-state index contributed by atoms with van der Waals surface area (Å²) in [5.41, 5.74) is -0.576.